The molecule has 1 saturated heterocycles. The third-order valence-corrected chi connectivity index (χ3v) is 5.57. The van der Waals surface area contributed by atoms with Gasteiger partial charge in [0.05, 0.1) is 18.8 Å². The molecule has 148 valence electrons. The molecule has 1 fully saturated rings. The van der Waals surface area contributed by atoms with Gasteiger partial charge in [0.25, 0.3) is 5.91 Å². The second kappa shape index (κ2) is 8.69. The van der Waals surface area contributed by atoms with Gasteiger partial charge < -0.3 is 15.0 Å². The van der Waals surface area contributed by atoms with Crippen molar-refractivity contribution in [2.24, 2.45) is 0 Å². The summed E-state index contributed by atoms with van der Waals surface area (Å²) in [7, 11) is 0. The number of ether oxygens (including phenoxy) is 1. The van der Waals surface area contributed by atoms with Crippen LogP contribution < -0.4 is 10.2 Å². The normalized spacial score (nSPS) is 16.5. The van der Waals surface area contributed by atoms with Crippen molar-refractivity contribution in [3.05, 3.63) is 52.6 Å². The van der Waals surface area contributed by atoms with E-state index < -0.39 is 0 Å². The number of rotatable bonds is 5. The van der Waals surface area contributed by atoms with Crippen molar-refractivity contribution >= 4 is 11.6 Å². The highest BCUT2D eigenvalue weighted by atomic mass is 16.5. The summed E-state index contributed by atoms with van der Waals surface area (Å²) in [5.74, 6) is 0.789. The van der Waals surface area contributed by atoms with Crippen LogP contribution in [0.2, 0.25) is 0 Å². The predicted octanol–water partition coefficient (Wildman–Crippen LogP) is 2.47. The zero-order valence-electron chi connectivity index (χ0n) is 16.5. The second-order valence-corrected chi connectivity index (χ2v) is 7.48. The Kier molecular flexibility index (Phi) is 5.86. The number of fused-ring (bicyclic) bond motifs is 1. The smallest absolute Gasteiger partial charge is 0.253 e. The standard InChI is InChI=1S/C22H28N4O2/c1-16-17-6-2-4-8-19(17)25-21(24-16)10-11-23-22(27)18-7-3-5-9-20(18)26-12-14-28-15-13-26/h3,5,7,9H,2,4,6,8,10-15H2,1H3,(H,23,27). The molecule has 4 rings (SSSR count). The largest absolute Gasteiger partial charge is 0.378 e. The van der Waals surface area contributed by atoms with Crippen molar-refractivity contribution in [3.8, 4) is 0 Å². The lowest BCUT2D eigenvalue weighted by Crippen LogP contribution is -2.38. The lowest BCUT2D eigenvalue weighted by Gasteiger charge is -2.30. The van der Waals surface area contributed by atoms with E-state index in [4.69, 9.17) is 9.72 Å². The third kappa shape index (κ3) is 4.17. The van der Waals surface area contributed by atoms with Gasteiger partial charge in [0.15, 0.2) is 0 Å². The van der Waals surface area contributed by atoms with E-state index in [1.165, 1.54) is 24.1 Å². The number of nitrogens with one attached hydrogen (secondary N) is 1. The van der Waals surface area contributed by atoms with Crippen molar-refractivity contribution < 1.29 is 9.53 Å². The number of nitrogens with zero attached hydrogens (tertiary/aromatic N) is 3. The van der Waals surface area contributed by atoms with Crippen molar-refractivity contribution in [1.82, 2.24) is 15.3 Å². The van der Waals surface area contributed by atoms with Gasteiger partial charge >= 0.3 is 0 Å². The first kappa shape index (κ1) is 18.9. The number of benzene rings is 1. The number of morpholine rings is 1. The summed E-state index contributed by atoms with van der Waals surface area (Å²) in [4.78, 5) is 24.4. The van der Waals surface area contributed by atoms with Crippen molar-refractivity contribution in [3.63, 3.8) is 0 Å². The Bertz CT molecular complexity index is 846. The molecule has 6 heteroatoms. The van der Waals surface area contributed by atoms with Gasteiger partial charge in [-0.3, -0.25) is 4.79 Å². The van der Waals surface area contributed by atoms with E-state index in [1.54, 1.807) is 0 Å². The first-order valence-electron chi connectivity index (χ1n) is 10.3. The number of hydrogen-bond donors (Lipinski definition) is 1. The number of carbonyl (C=O) groups is 1. The summed E-state index contributed by atoms with van der Waals surface area (Å²) in [6, 6.07) is 7.79. The Morgan fingerprint density at radius 3 is 2.79 bits per heavy atom. The fourth-order valence-electron chi connectivity index (χ4n) is 4.08. The van der Waals surface area contributed by atoms with Crippen LogP contribution in [0.15, 0.2) is 24.3 Å². The number of aromatic nitrogens is 2. The fraction of sp³-hybridized carbons (Fsp3) is 0.500. The molecule has 6 nitrogen and oxygen atoms in total. The van der Waals surface area contributed by atoms with Gasteiger partial charge in [0, 0.05) is 43.1 Å². The van der Waals surface area contributed by atoms with E-state index in [0.717, 1.165) is 43.1 Å². The van der Waals surface area contributed by atoms with E-state index in [1.807, 2.05) is 24.3 Å². The summed E-state index contributed by atoms with van der Waals surface area (Å²) < 4.78 is 5.43. The molecule has 0 spiro atoms. The molecule has 2 heterocycles. The summed E-state index contributed by atoms with van der Waals surface area (Å²) in [6.45, 7) is 5.63. The van der Waals surface area contributed by atoms with Gasteiger partial charge in [-0.25, -0.2) is 9.97 Å². The van der Waals surface area contributed by atoms with E-state index in [0.29, 0.717) is 31.7 Å². The highest BCUT2D eigenvalue weighted by Gasteiger charge is 2.19. The summed E-state index contributed by atoms with van der Waals surface area (Å²) in [6.07, 6.45) is 5.23. The van der Waals surface area contributed by atoms with Crippen LogP contribution in [0.25, 0.3) is 0 Å². The number of para-hydroxylation sites is 1. The van der Waals surface area contributed by atoms with Gasteiger partial charge in [0.1, 0.15) is 5.82 Å². The highest BCUT2D eigenvalue weighted by molar-refractivity contribution is 5.99. The van der Waals surface area contributed by atoms with Crippen molar-refractivity contribution in [1.29, 1.82) is 0 Å². The highest BCUT2D eigenvalue weighted by Crippen LogP contribution is 2.22. The number of aryl methyl sites for hydroxylation is 2. The maximum absolute atomic E-state index is 12.8. The van der Waals surface area contributed by atoms with E-state index >= 15 is 0 Å². The lowest BCUT2D eigenvalue weighted by molar-refractivity contribution is 0.0952. The molecular weight excluding hydrogens is 352 g/mol. The number of hydrogen-bond acceptors (Lipinski definition) is 5. The average Bonchev–Trinajstić information content (AvgIpc) is 2.74. The number of carbonyl (C=O) groups excluding carboxylic acids is 1. The van der Waals surface area contributed by atoms with Gasteiger partial charge in [-0.05, 0) is 50.3 Å². The van der Waals surface area contributed by atoms with Crippen LogP contribution in [0.4, 0.5) is 5.69 Å². The third-order valence-electron chi connectivity index (χ3n) is 5.57. The average molecular weight is 380 g/mol. The Morgan fingerprint density at radius 2 is 1.93 bits per heavy atom. The van der Waals surface area contributed by atoms with Crippen LogP contribution in [-0.4, -0.2) is 48.7 Å². The SMILES string of the molecule is Cc1nc(CCNC(=O)c2ccccc2N2CCOCC2)nc2c1CCCC2. The topological polar surface area (TPSA) is 67.4 Å². The molecule has 0 bridgehead atoms. The van der Waals surface area contributed by atoms with E-state index in [-0.39, 0.29) is 5.91 Å². The molecule has 1 amide bonds. The molecule has 1 aliphatic carbocycles. The van der Waals surface area contributed by atoms with Crippen molar-refractivity contribution in [2.45, 2.75) is 39.0 Å². The molecule has 1 N–H and O–H groups in total. The lowest BCUT2D eigenvalue weighted by atomic mass is 9.95. The van der Waals surface area contributed by atoms with Crippen LogP contribution in [-0.2, 0) is 24.0 Å². The van der Waals surface area contributed by atoms with Gasteiger partial charge in [-0.2, -0.15) is 0 Å². The molecule has 0 unspecified atom stereocenters. The van der Waals surface area contributed by atoms with E-state index in [2.05, 4.69) is 22.1 Å². The fourth-order valence-corrected chi connectivity index (χ4v) is 4.08. The second-order valence-electron chi connectivity index (χ2n) is 7.48. The minimum Gasteiger partial charge on any atom is -0.378 e. The molecule has 1 aromatic carbocycles. The van der Waals surface area contributed by atoms with Crippen LogP contribution in [0.1, 0.15) is 46.0 Å². The minimum absolute atomic E-state index is 0.0447. The number of amides is 1. The molecule has 1 aromatic heterocycles. The van der Waals surface area contributed by atoms with Crippen LogP contribution in [0.5, 0.6) is 0 Å². The van der Waals surface area contributed by atoms with Gasteiger partial charge in [-0.1, -0.05) is 12.1 Å². The Morgan fingerprint density at radius 1 is 1.14 bits per heavy atom. The summed E-state index contributed by atoms with van der Waals surface area (Å²) in [5.41, 5.74) is 5.33. The zero-order chi connectivity index (χ0) is 19.3. The maximum Gasteiger partial charge on any atom is 0.253 e. The van der Waals surface area contributed by atoms with Crippen molar-refractivity contribution in [2.75, 3.05) is 37.7 Å². The molecule has 1 aliphatic heterocycles. The van der Waals surface area contributed by atoms with E-state index in [9.17, 15) is 4.79 Å². The monoisotopic (exact) mass is 380 g/mol. The molecule has 0 atom stereocenters. The first-order chi connectivity index (χ1) is 13.7. The van der Waals surface area contributed by atoms with Gasteiger partial charge in [0.2, 0.25) is 0 Å². The van der Waals surface area contributed by atoms with Crippen LogP contribution in [0.3, 0.4) is 0 Å². The van der Waals surface area contributed by atoms with Gasteiger partial charge in [-0.15, -0.1) is 0 Å². The molecular formula is C22H28N4O2. The van der Waals surface area contributed by atoms with Crippen LogP contribution >= 0.6 is 0 Å². The first-order valence-corrected chi connectivity index (χ1v) is 10.3. The van der Waals surface area contributed by atoms with Crippen LogP contribution in [0, 0.1) is 6.92 Å². The zero-order valence-corrected chi connectivity index (χ0v) is 16.5. The quantitative estimate of drug-likeness (QED) is 0.863. The molecule has 0 saturated carbocycles. The minimum atomic E-state index is -0.0447. The maximum atomic E-state index is 12.8. The molecule has 2 aromatic rings. The molecule has 2 aliphatic rings. The summed E-state index contributed by atoms with van der Waals surface area (Å²) in [5, 5.41) is 3.05. The molecule has 28 heavy (non-hydrogen) atoms. The molecule has 0 radical (unpaired) electrons. The Balaban J connectivity index is 1.39. The predicted molar refractivity (Wildman–Crippen MR) is 109 cm³/mol. The number of anilines is 1. The summed E-state index contributed by atoms with van der Waals surface area (Å²) >= 11 is 0. The Hall–Kier alpha value is -2.47. The Labute approximate surface area is 166 Å².